The molecular formula is C21H26N6O. The van der Waals surface area contributed by atoms with Gasteiger partial charge < -0.3 is 9.42 Å². The van der Waals surface area contributed by atoms with Crippen LogP contribution in [0.2, 0.25) is 0 Å². The van der Waals surface area contributed by atoms with Gasteiger partial charge in [0, 0.05) is 44.6 Å². The van der Waals surface area contributed by atoms with Gasteiger partial charge in [-0.3, -0.25) is 14.9 Å². The fourth-order valence-corrected chi connectivity index (χ4v) is 3.80. The topological polar surface area (TPSA) is 71.2 Å². The van der Waals surface area contributed by atoms with E-state index in [-0.39, 0.29) is 0 Å². The normalized spacial score (nSPS) is 15.3. The summed E-state index contributed by atoms with van der Waals surface area (Å²) in [6.45, 7) is 7.76. The van der Waals surface area contributed by atoms with Crippen molar-refractivity contribution in [3.63, 3.8) is 0 Å². The monoisotopic (exact) mass is 378 g/mol. The first-order chi connectivity index (χ1) is 13.7. The van der Waals surface area contributed by atoms with Crippen molar-refractivity contribution in [2.45, 2.75) is 45.8 Å². The second-order valence-electron chi connectivity index (χ2n) is 7.39. The molecule has 0 N–H and O–H groups in total. The van der Waals surface area contributed by atoms with Crippen molar-refractivity contribution in [3.8, 4) is 0 Å². The number of aryl methyl sites for hydroxylation is 2. The van der Waals surface area contributed by atoms with Crippen LogP contribution in [0, 0.1) is 13.8 Å². The summed E-state index contributed by atoms with van der Waals surface area (Å²) in [5, 5.41) is 3.97. The van der Waals surface area contributed by atoms with Gasteiger partial charge in [0.2, 0.25) is 6.39 Å². The van der Waals surface area contributed by atoms with E-state index in [4.69, 9.17) is 4.52 Å². The summed E-state index contributed by atoms with van der Waals surface area (Å²) in [4.78, 5) is 18.2. The van der Waals surface area contributed by atoms with Crippen LogP contribution in [0.25, 0.3) is 0 Å². The van der Waals surface area contributed by atoms with E-state index < -0.39 is 0 Å². The van der Waals surface area contributed by atoms with Crippen molar-refractivity contribution in [2.75, 3.05) is 18.0 Å². The highest BCUT2D eigenvalue weighted by Crippen LogP contribution is 2.24. The van der Waals surface area contributed by atoms with Gasteiger partial charge in [0.15, 0.2) is 0 Å². The zero-order valence-corrected chi connectivity index (χ0v) is 16.5. The van der Waals surface area contributed by atoms with Crippen LogP contribution in [0.4, 0.5) is 5.95 Å². The van der Waals surface area contributed by atoms with E-state index >= 15 is 0 Å². The van der Waals surface area contributed by atoms with Crippen LogP contribution in [0.15, 0.2) is 47.6 Å². The number of nitrogens with zero attached hydrogens (tertiary/aromatic N) is 6. The average Bonchev–Trinajstić information content (AvgIpc) is 3.26. The van der Waals surface area contributed by atoms with E-state index in [0.29, 0.717) is 12.0 Å². The SMILES string of the molecule is Cc1cccnc1CN(Cc1ncccc1C)C1CCN(c2ncon2)CC1. The molecule has 4 rings (SSSR count). The quantitative estimate of drug-likeness (QED) is 0.652. The molecule has 0 saturated carbocycles. The number of aromatic nitrogens is 4. The molecular weight excluding hydrogens is 352 g/mol. The van der Waals surface area contributed by atoms with Gasteiger partial charge in [-0.05, 0) is 55.1 Å². The second-order valence-corrected chi connectivity index (χ2v) is 7.39. The Morgan fingerprint density at radius 1 is 0.964 bits per heavy atom. The van der Waals surface area contributed by atoms with Crippen LogP contribution < -0.4 is 4.90 Å². The lowest BCUT2D eigenvalue weighted by Gasteiger charge is -2.38. The van der Waals surface area contributed by atoms with E-state index in [1.807, 2.05) is 24.5 Å². The minimum Gasteiger partial charge on any atom is -0.341 e. The molecule has 7 heteroatoms. The summed E-state index contributed by atoms with van der Waals surface area (Å²) in [6.07, 6.45) is 7.25. The van der Waals surface area contributed by atoms with Crippen molar-refractivity contribution < 1.29 is 4.52 Å². The maximum atomic E-state index is 4.90. The van der Waals surface area contributed by atoms with E-state index in [1.54, 1.807) is 0 Å². The predicted molar refractivity (Wildman–Crippen MR) is 107 cm³/mol. The molecule has 1 saturated heterocycles. The first-order valence-corrected chi connectivity index (χ1v) is 9.77. The number of hydrogen-bond donors (Lipinski definition) is 0. The number of rotatable bonds is 6. The smallest absolute Gasteiger partial charge is 0.265 e. The molecule has 0 aliphatic carbocycles. The Hall–Kier alpha value is -2.80. The van der Waals surface area contributed by atoms with Crippen molar-refractivity contribution >= 4 is 5.95 Å². The lowest BCUT2D eigenvalue weighted by molar-refractivity contribution is 0.147. The maximum Gasteiger partial charge on any atom is 0.265 e. The Kier molecular flexibility index (Phi) is 5.62. The molecule has 0 atom stereocenters. The van der Waals surface area contributed by atoms with Crippen molar-refractivity contribution in [3.05, 3.63) is 65.6 Å². The van der Waals surface area contributed by atoms with Gasteiger partial charge in [-0.25, -0.2) is 0 Å². The van der Waals surface area contributed by atoms with Crippen molar-refractivity contribution in [2.24, 2.45) is 0 Å². The van der Waals surface area contributed by atoms with Gasteiger partial charge in [-0.2, -0.15) is 4.98 Å². The van der Waals surface area contributed by atoms with Crippen LogP contribution in [0.1, 0.15) is 35.4 Å². The van der Waals surface area contributed by atoms with Crippen LogP contribution in [-0.4, -0.2) is 44.1 Å². The van der Waals surface area contributed by atoms with E-state index in [1.165, 1.54) is 17.5 Å². The van der Waals surface area contributed by atoms with E-state index in [2.05, 4.69) is 55.9 Å². The fourth-order valence-electron chi connectivity index (χ4n) is 3.80. The molecule has 146 valence electrons. The van der Waals surface area contributed by atoms with Crippen molar-refractivity contribution in [1.82, 2.24) is 25.0 Å². The van der Waals surface area contributed by atoms with Crippen LogP contribution in [-0.2, 0) is 13.1 Å². The molecule has 28 heavy (non-hydrogen) atoms. The highest BCUT2D eigenvalue weighted by atomic mass is 16.5. The number of hydrogen-bond acceptors (Lipinski definition) is 7. The van der Waals surface area contributed by atoms with Gasteiger partial charge in [-0.15, -0.1) is 0 Å². The van der Waals surface area contributed by atoms with E-state index in [9.17, 15) is 0 Å². The molecule has 4 heterocycles. The van der Waals surface area contributed by atoms with Gasteiger partial charge in [0.1, 0.15) is 0 Å². The summed E-state index contributed by atoms with van der Waals surface area (Å²) < 4.78 is 4.90. The third kappa shape index (κ3) is 4.20. The fraction of sp³-hybridized carbons (Fsp3) is 0.429. The number of anilines is 1. The second kappa shape index (κ2) is 8.48. The van der Waals surface area contributed by atoms with Gasteiger partial charge in [-0.1, -0.05) is 12.1 Å². The molecule has 0 bridgehead atoms. The third-order valence-corrected chi connectivity index (χ3v) is 5.55. The Morgan fingerprint density at radius 2 is 1.57 bits per heavy atom. The summed E-state index contributed by atoms with van der Waals surface area (Å²) in [7, 11) is 0. The summed E-state index contributed by atoms with van der Waals surface area (Å²) >= 11 is 0. The highest BCUT2D eigenvalue weighted by molar-refractivity contribution is 5.27. The summed E-state index contributed by atoms with van der Waals surface area (Å²) in [5.41, 5.74) is 4.73. The lowest BCUT2D eigenvalue weighted by Crippen LogP contribution is -2.45. The van der Waals surface area contributed by atoms with Crippen molar-refractivity contribution in [1.29, 1.82) is 0 Å². The molecule has 0 spiro atoms. The minimum atomic E-state index is 0.464. The van der Waals surface area contributed by atoms with Gasteiger partial charge >= 0.3 is 0 Å². The average molecular weight is 378 g/mol. The standard InChI is InChI=1S/C21H26N6O/c1-16-5-3-9-22-19(16)13-27(14-20-17(2)6-4-10-23-20)18-7-11-26(12-8-18)21-24-15-28-25-21/h3-6,9-10,15,18H,7-8,11-14H2,1-2H3. The Balaban J connectivity index is 1.51. The number of piperidine rings is 1. The summed E-state index contributed by atoms with van der Waals surface area (Å²) in [5.74, 6) is 0.686. The zero-order chi connectivity index (χ0) is 19.3. The molecule has 3 aromatic heterocycles. The van der Waals surface area contributed by atoms with Crippen LogP contribution in [0.3, 0.4) is 0 Å². The molecule has 0 unspecified atom stereocenters. The van der Waals surface area contributed by atoms with Crippen LogP contribution in [0.5, 0.6) is 0 Å². The Bertz CT molecular complexity index is 842. The molecule has 0 amide bonds. The molecule has 7 nitrogen and oxygen atoms in total. The van der Waals surface area contributed by atoms with Crippen LogP contribution >= 0.6 is 0 Å². The van der Waals surface area contributed by atoms with E-state index in [0.717, 1.165) is 50.4 Å². The first-order valence-electron chi connectivity index (χ1n) is 9.77. The minimum absolute atomic E-state index is 0.464. The predicted octanol–water partition coefficient (Wildman–Crippen LogP) is 3.15. The molecule has 0 aromatic carbocycles. The van der Waals surface area contributed by atoms with Gasteiger partial charge in [0.25, 0.3) is 5.95 Å². The number of pyridine rings is 2. The molecule has 0 radical (unpaired) electrons. The zero-order valence-electron chi connectivity index (χ0n) is 16.5. The van der Waals surface area contributed by atoms with Gasteiger partial charge in [0.05, 0.1) is 11.4 Å². The maximum absolute atomic E-state index is 4.90. The molecule has 1 fully saturated rings. The molecule has 1 aliphatic heterocycles. The molecule has 1 aliphatic rings. The lowest BCUT2D eigenvalue weighted by atomic mass is 10.0. The Labute approximate surface area is 165 Å². The third-order valence-electron chi connectivity index (χ3n) is 5.55. The largest absolute Gasteiger partial charge is 0.341 e. The highest BCUT2D eigenvalue weighted by Gasteiger charge is 2.27. The summed E-state index contributed by atoms with van der Waals surface area (Å²) in [6, 6.07) is 8.72. The first kappa shape index (κ1) is 18.6. The Morgan fingerprint density at radius 3 is 2.07 bits per heavy atom. The molecule has 3 aromatic rings.